The van der Waals surface area contributed by atoms with Crippen LogP contribution in [0.1, 0.15) is 24.0 Å². The molecule has 0 amide bonds. The van der Waals surface area contributed by atoms with Crippen molar-refractivity contribution in [2.75, 3.05) is 18.4 Å². The molecule has 3 nitrogen and oxygen atoms in total. The molecule has 2 heterocycles. The number of fused-ring (bicyclic) bond motifs is 1. The van der Waals surface area contributed by atoms with E-state index in [2.05, 4.69) is 16.7 Å². The van der Waals surface area contributed by atoms with E-state index in [-0.39, 0.29) is 5.41 Å². The first kappa shape index (κ1) is 18.1. The lowest BCUT2D eigenvalue weighted by Crippen LogP contribution is -2.48. The Kier molecular flexibility index (Phi) is 5.15. The van der Waals surface area contributed by atoms with Gasteiger partial charge in [-0.1, -0.05) is 46.9 Å². The third kappa shape index (κ3) is 3.59. The smallest absolute Gasteiger partial charge is 0.108 e. The molecular formula is C20H20Cl3N3. The average molecular weight is 409 g/mol. The molecule has 0 aromatic heterocycles. The molecule has 136 valence electrons. The zero-order chi connectivity index (χ0) is 18.1. The maximum absolute atomic E-state index is 6.25. The van der Waals surface area contributed by atoms with Gasteiger partial charge in [0.25, 0.3) is 0 Å². The summed E-state index contributed by atoms with van der Waals surface area (Å²) < 4.78 is 0. The van der Waals surface area contributed by atoms with Gasteiger partial charge in [-0.05, 0) is 67.7 Å². The molecule has 1 saturated heterocycles. The molecule has 1 fully saturated rings. The van der Waals surface area contributed by atoms with E-state index in [0.717, 1.165) is 54.5 Å². The predicted octanol–water partition coefficient (Wildman–Crippen LogP) is 5.58. The summed E-state index contributed by atoms with van der Waals surface area (Å²) in [4.78, 5) is 4.97. The van der Waals surface area contributed by atoms with Gasteiger partial charge in [0.1, 0.15) is 5.84 Å². The lowest BCUT2D eigenvalue weighted by molar-refractivity contribution is 0.293. The second-order valence-corrected chi connectivity index (χ2v) is 8.30. The van der Waals surface area contributed by atoms with Crippen LogP contribution in [0.5, 0.6) is 0 Å². The van der Waals surface area contributed by atoms with Gasteiger partial charge in [0, 0.05) is 16.1 Å². The van der Waals surface area contributed by atoms with Gasteiger partial charge in [-0.2, -0.15) is 0 Å². The minimum absolute atomic E-state index is 0.0218. The van der Waals surface area contributed by atoms with Crippen LogP contribution in [0, 0.1) is 5.41 Å². The van der Waals surface area contributed by atoms with Crippen molar-refractivity contribution in [2.24, 2.45) is 10.4 Å². The molecule has 0 radical (unpaired) electrons. The summed E-state index contributed by atoms with van der Waals surface area (Å²) in [5.41, 5.74) is 3.35. The minimum atomic E-state index is 0.0218. The van der Waals surface area contributed by atoms with Gasteiger partial charge >= 0.3 is 0 Å². The number of aliphatic imine (C=N–C) groups is 1. The molecule has 0 aliphatic carbocycles. The van der Waals surface area contributed by atoms with E-state index in [0.29, 0.717) is 16.6 Å². The molecule has 0 bridgehead atoms. The highest BCUT2D eigenvalue weighted by Gasteiger charge is 2.41. The number of rotatable bonds is 2. The van der Waals surface area contributed by atoms with E-state index in [1.807, 2.05) is 30.3 Å². The highest BCUT2D eigenvalue weighted by atomic mass is 35.5. The van der Waals surface area contributed by atoms with Crippen LogP contribution in [0.25, 0.3) is 0 Å². The maximum Gasteiger partial charge on any atom is 0.108 e. The van der Waals surface area contributed by atoms with E-state index in [4.69, 9.17) is 39.8 Å². The number of anilines is 1. The highest BCUT2D eigenvalue weighted by Crippen LogP contribution is 2.43. The Hall–Kier alpha value is -1.26. The van der Waals surface area contributed by atoms with Crippen LogP contribution in [0.2, 0.25) is 15.1 Å². The molecule has 4 rings (SSSR count). The molecule has 0 unspecified atom stereocenters. The third-order valence-corrected chi connectivity index (χ3v) is 6.26. The van der Waals surface area contributed by atoms with Crippen molar-refractivity contribution in [1.82, 2.24) is 5.32 Å². The Labute approximate surface area is 168 Å². The summed E-state index contributed by atoms with van der Waals surface area (Å²) in [7, 11) is 0. The van der Waals surface area contributed by atoms with E-state index < -0.39 is 0 Å². The van der Waals surface area contributed by atoms with Crippen LogP contribution >= 0.6 is 34.8 Å². The van der Waals surface area contributed by atoms with Gasteiger partial charge in [-0.15, -0.1) is 0 Å². The fourth-order valence-electron chi connectivity index (χ4n) is 3.89. The number of nitrogens with zero attached hydrogens (tertiary/aromatic N) is 1. The standard InChI is InChI=1S/C20H20Cl3N3/c21-15-3-1-2-13(8-15)12-25-19-20(4-6-24-7-5-20)11-14-9-16(22)17(23)10-18(14)26-19/h1-3,8-10,24H,4-7,11-12H2,(H,25,26). The van der Waals surface area contributed by atoms with Crippen LogP contribution in [-0.2, 0) is 13.0 Å². The quantitative estimate of drug-likeness (QED) is 0.680. The first-order valence-corrected chi connectivity index (χ1v) is 9.94. The zero-order valence-corrected chi connectivity index (χ0v) is 16.6. The lowest BCUT2D eigenvalue weighted by atomic mass is 9.71. The van der Waals surface area contributed by atoms with Gasteiger partial charge in [0.05, 0.1) is 16.6 Å². The highest BCUT2D eigenvalue weighted by molar-refractivity contribution is 6.42. The summed E-state index contributed by atoms with van der Waals surface area (Å²) in [5.74, 6) is 1.05. The Morgan fingerprint density at radius 1 is 1.00 bits per heavy atom. The average Bonchev–Trinajstić information content (AvgIpc) is 2.62. The monoisotopic (exact) mass is 407 g/mol. The van der Waals surface area contributed by atoms with Crippen LogP contribution in [0.3, 0.4) is 0 Å². The van der Waals surface area contributed by atoms with E-state index in [9.17, 15) is 0 Å². The predicted molar refractivity (Wildman–Crippen MR) is 111 cm³/mol. The number of benzene rings is 2. The number of hydrogen-bond acceptors (Lipinski definition) is 2. The molecule has 2 aliphatic rings. The molecule has 1 spiro atoms. The van der Waals surface area contributed by atoms with Crippen molar-refractivity contribution in [3.63, 3.8) is 0 Å². The van der Waals surface area contributed by atoms with Gasteiger partial charge in [-0.25, -0.2) is 0 Å². The molecule has 2 N–H and O–H groups in total. The molecule has 2 aromatic carbocycles. The molecular weight excluding hydrogens is 389 g/mol. The summed E-state index contributed by atoms with van der Waals surface area (Å²) in [6, 6.07) is 11.8. The first-order chi connectivity index (χ1) is 12.6. The molecule has 26 heavy (non-hydrogen) atoms. The largest absolute Gasteiger partial charge is 0.343 e. The van der Waals surface area contributed by atoms with Gasteiger partial charge < -0.3 is 10.6 Å². The van der Waals surface area contributed by atoms with Crippen LogP contribution in [-0.4, -0.2) is 18.9 Å². The Balaban J connectivity index is 1.70. The third-order valence-electron chi connectivity index (χ3n) is 5.30. The number of halogens is 3. The fourth-order valence-corrected chi connectivity index (χ4v) is 4.45. The SMILES string of the molecule is Clc1cccc(CN=C2Nc3cc(Cl)c(Cl)cc3CC23CCNCC3)c1. The summed E-state index contributed by atoms with van der Waals surface area (Å²) in [5, 5.41) is 8.92. The fraction of sp³-hybridized carbons (Fsp3) is 0.350. The Morgan fingerprint density at radius 2 is 1.77 bits per heavy atom. The number of piperidine rings is 1. The van der Waals surface area contributed by atoms with E-state index >= 15 is 0 Å². The number of amidine groups is 1. The van der Waals surface area contributed by atoms with E-state index in [1.165, 1.54) is 5.56 Å². The van der Waals surface area contributed by atoms with Gasteiger partial charge in [0.2, 0.25) is 0 Å². The van der Waals surface area contributed by atoms with Crippen molar-refractivity contribution >= 4 is 46.3 Å². The van der Waals surface area contributed by atoms with Crippen molar-refractivity contribution in [3.05, 3.63) is 62.6 Å². The van der Waals surface area contributed by atoms with Crippen molar-refractivity contribution in [2.45, 2.75) is 25.8 Å². The lowest BCUT2D eigenvalue weighted by Gasteiger charge is -2.43. The van der Waals surface area contributed by atoms with Crippen molar-refractivity contribution in [3.8, 4) is 0 Å². The first-order valence-electron chi connectivity index (χ1n) is 8.81. The normalized spacial score (nSPS) is 20.0. The molecule has 2 aliphatic heterocycles. The molecule has 2 aromatic rings. The minimum Gasteiger partial charge on any atom is -0.343 e. The second-order valence-electron chi connectivity index (χ2n) is 7.05. The van der Waals surface area contributed by atoms with Gasteiger partial charge in [0.15, 0.2) is 0 Å². The summed E-state index contributed by atoms with van der Waals surface area (Å²) in [6.45, 7) is 2.60. The summed E-state index contributed by atoms with van der Waals surface area (Å²) in [6.07, 6.45) is 3.03. The number of nitrogens with one attached hydrogen (secondary N) is 2. The van der Waals surface area contributed by atoms with E-state index in [1.54, 1.807) is 0 Å². The van der Waals surface area contributed by atoms with Crippen LogP contribution in [0.15, 0.2) is 41.4 Å². The number of hydrogen-bond donors (Lipinski definition) is 2. The second kappa shape index (κ2) is 7.40. The van der Waals surface area contributed by atoms with Crippen LogP contribution in [0.4, 0.5) is 5.69 Å². The Morgan fingerprint density at radius 3 is 2.54 bits per heavy atom. The zero-order valence-electron chi connectivity index (χ0n) is 14.3. The molecule has 0 atom stereocenters. The summed E-state index contributed by atoms with van der Waals surface area (Å²) >= 11 is 18.6. The maximum atomic E-state index is 6.25. The van der Waals surface area contributed by atoms with Crippen molar-refractivity contribution in [1.29, 1.82) is 0 Å². The molecule has 0 saturated carbocycles. The Bertz CT molecular complexity index is 857. The van der Waals surface area contributed by atoms with Gasteiger partial charge in [-0.3, -0.25) is 4.99 Å². The van der Waals surface area contributed by atoms with Crippen molar-refractivity contribution < 1.29 is 0 Å². The van der Waals surface area contributed by atoms with Crippen LogP contribution < -0.4 is 10.6 Å². The topological polar surface area (TPSA) is 36.4 Å². The molecule has 6 heteroatoms.